The van der Waals surface area contributed by atoms with E-state index >= 15 is 0 Å². The van der Waals surface area contributed by atoms with E-state index in [2.05, 4.69) is 25.3 Å². The summed E-state index contributed by atoms with van der Waals surface area (Å²) in [6.45, 7) is 15.0. The Balaban J connectivity index is 1.25. The SMILES string of the molecule is C=C(/C=C/C=C/C=C1/N(CCCCCC(=O)ON2C(=O)CCC2=O)c2ccc3c(S(=O)(=O)O)cccc3c2C1(C)C)C(C)(C)c1c(C)ccc2ccc(S(=O)(=O)O)cc12. The Hall–Kier alpha value is -5.41. The monoisotopic (exact) mass is 840 g/mol. The highest BCUT2D eigenvalue weighted by molar-refractivity contribution is 7.86. The van der Waals surface area contributed by atoms with Gasteiger partial charge in [-0.25, -0.2) is 4.79 Å². The lowest BCUT2D eigenvalue weighted by atomic mass is 9.74. The van der Waals surface area contributed by atoms with Crippen molar-refractivity contribution in [3.8, 4) is 0 Å². The van der Waals surface area contributed by atoms with Crippen LogP contribution in [-0.4, -0.2) is 55.3 Å². The molecule has 12 nitrogen and oxygen atoms in total. The number of benzene rings is 4. The molecule has 2 amide bonds. The highest BCUT2D eigenvalue weighted by atomic mass is 32.2. The standard InChI is InChI=1S/C45H48N2O10S2/c1-29-19-20-31-21-22-32(58(51,52)53)28-35(31)42(29)44(3,4)30(2)14-9-7-10-17-38-45(5,6)43-34-15-13-16-37(59(54,55)56)33(34)23-24-36(43)46(38)27-12-8-11-18-41(50)57-47-39(48)25-26-40(47)49/h7,9-10,13-17,19-24,28H,2,8,11-12,18,25-27H2,1,3-6H3,(H,51,52,53)(H,54,55,56)/b10-7+,14-9+,38-17+. The number of aryl methyl sites for hydroxylation is 1. The number of allylic oxidation sites excluding steroid dienone is 7. The first-order chi connectivity index (χ1) is 27.6. The molecule has 4 aromatic rings. The molecule has 0 aliphatic carbocycles. The second-order valence-corrected chi connectivity index (χ2v) is 18.8. The van der Waals surface area contributed by atoms with Crippen molar-refractivity contribution in [3.05, 3.63) is 126 Å². The van der Waals surface area contributed by atoms with E-state index in [-0.39, 0.29) is 29.1 Å². The predicted molar refractivity (Wildman–Crippen MR) is 227 cm³/mol. The predicted octanol–water partition coefficient (Wildman–Crippen LogP) is 8.59. The molecule has 14 heteroatoms. The number of nitrogens with zero attached hydrogens (tertiary/aromatic N) is 2. The van der Waals surface area contributed by atoms with Gasteiger partial charge in [0.2, 0.25) is 0 Å². The van der Waals surface area contributed by atoms with Crippen LogP contribution in [0.2, 0.25) is 0 Å². The molecular weight excluding hydrogens is 793 g/mol. The molecule has 4 aromatic carbocycles. The van der Waals surface area contributed by atoms with Gasteiger partial charge in [-0.3, -0.25) is 18.7 Å². The van der Waals surface area contributed by atoms with Crippen molar-refractivity contribution < 1.29 is 45.2 Å². The minimum atomic E-state index is -4.50. The smallest absolute Gasteiger partial charge is 0.333 e. The highest BCUT2D eigenvalue weighted by Crippen LogP contribution is 2.51. The van der Waals surface area contributed by atoms with E-state index in [9.17, 15) is 40.3 Å². The van der Waals surface area contributed by atoms with E-state index in [1.165, 1.54) is 18.2 Å². The van der Waals surface area contributed by atoms with Crippen LogP contribution in [0.3, 0.4) is 0 Å². The molecule has 1 saturated heterocycles. The summed E-state index contributed by atoms with van der Waals surface area (Å²) in [4.78, 5) is 42.9. The summed E-state index contributed by atoms with van der Waals surface area (Å²) in [5.74, 6) is -1.70. The second-order valence-electron chi connectivity index (χ2n) is 16.0. The zero-order valence-corrected chi connectivity index (χ0v) is 35.3. The third kappa shape index (κ3) is 8.67. The van der Waals surface area contributed by atoms with Gasteiger partial charge in [0.25, 0.3) is 32.1 Å². The van der Waals surface area contributed by atoms with Crippen molar-refractivity contribution in [2.75, 3.05) is 11.4 Å². The van der Waals surface area contributed by atoms with Crippen molar-refractivity contribution in [2.24, 2.45) is 0 Å². The molecule has 1 fully saturated rings. The summed E-state index contributed by atoms with van der Waals surface area (Å²) in [5, 5.41) is 3.19. The molecule has 59 heavy (non-hydrogen) atoms. The van der Waals surface area contributed by atoms with Crippen LogP contribution in [0, 0.1) is 6.92 Å². The van der Waals surface area contributed by atoms with Crippen LogP contribution in [-0.2, 0) is 50.3 Å². The van der Waals surface area contributed by atoms with Gasteiger partial charge < -0.3 is 9.74 Å². The van der Waals surface area contributed by atoms with Crippen molar-refractivity contribution >= 4 is 65.3 Å². The minimum absolute atomic E-state index is 0.0251. The fourth-order valence-electron chi connectivity index (χ4n) is 8.23. The Morgan fingerprint density at radius 1 is 0.864 bits per heavy atom. The van der Waals surface area contributed by atoms with Crippen LogP contribution in [0.15, 0.2) is 119 Å². The van der Waals surface area contributed by atoms with E-state index in [1.54, 1.807) is 18.2 Å². The zero-order valence-electron chi connectivity index (χ0n) is 33.7. The molecule has 2 N–H and O–H groups in total. The average Bonchev–Trinajstić information content (AvgIpc) is 3.59. The van der Waals surface area contributed by atoms with Crippen LogP contribution < -0.4 is 4.90 Å². The van der Waals surface area contributed by atoms with Gasteiger partial charge >= 0.3 is 5.97 Å². The van der Waals surface area contributed by atoms with Gasteiger partial charge in [-0.2, -0.15) is 16.8 Å². The van der Waals surface area contributed by atoms with Gasteiger partial charge in [0.05, 0.1) is 4.90 Å². The summed E-state index contributed by atoms with van der Waals surface area (Å²) in [6, 6.07) is 16.8. The fourth-order valence-corrected chi connectivity index (χ4v) is 9.44. The maximum atomic E-state index is 12.4. The Kier molecular flexibility index (Phi) is 11.9. The molecule has 0 atom stereocenters. The normalized spacial score (nSPS) is 16.7. The van der Waals surface area contributed by atoms with Crippen molar-refractivity contribution in [1.82, 2.24) is 5.06 Å². The van der Waals surface area contributed by atoms with E-state index in [0.29, 0.717) is 47.0 Å². The highest BCUT2D eigenvalue weighted by Gasteiger charge is 2.41. The molecule has 2 aliphatic heterocycles. The number of anilines is 1. The van der Waals surface area contributed by atoms with Crippen LogP contribution in [0.4, 0.5) is 5.69 Å². The lowest BCUT2D eigenvalue weighted by molar-refractivity contribution is -0.197. The molecule has 2 aliphatic rings. The van der Waals surface area contributed by atoms with Crippen LogP contribution in [0.1, 0.15) is 82.9 Å². The number of carbonyl (C=O) groups is 3. The number of hydrogen-bond donors (Lipinski definition) is 2. The Bertz CT molecular complexity index is 2710. The molecule has 0 spiro atoms. The fraction of sp³-hybridized carbons (Fsp3) is 0.311. The molecule has 6 rings (SSSR count). The van der Waals surface area contributed by atoms with Gasteiger partial charge in [0, 0.05) is 53.4 Å². The quantitative estimate of drug-likeness (QED) is 0.0538. The topological polar surface area (TPSA) is 176 Å². The number of amides is 2. The first-order valence-corrected chi connectivity index (χ1v) is 22.2. The van der Waals surface area contributed by atoms with Crippen LogP contribution in [0.5, 0.6) is 0 Å². The van der Waals surface area contributed by atoms with Crippen LogP contribution in [0.25, 0.3) is 21.5 Å². The molecule has 0 radical (unpaired) electrons. The van der Waals surface area contributed by atoms with Crippen molar-refractivity contribution in [3.63, 3.8) is 0 Å². The number of hydrogen-bond acceptors (Lipinski definition) is 9. The lowest BCUT2D eigenvalue weighted by Crippen LogP contribution is -2.32. The lowest BCUT2D eigenvalue weighted by Gasteiger charge is -2.30. The van der Waals surface area contributed by atoms with Gasteiger partial charge in [0.1, 0.15) is 4.90 Å². The third-order valence-corrected chi connectivity index (χ3v) is 13.0. The van der Waals surface area contributed by atoms with E-state index in [4.69, 9.17) is 4.84 Å². The summed E-state index contributed by atoms with van der Waals surface area (Å²) < 4.78 is 68.5. The number of unbranched alkanes of at least 4 members (excludes halogenated alkanes) is 2. The first kappa shape index (κ1) is 43.2. The largest absolute Gasteiger partial charge is 0.344 e. The Labute approximate surface area is 345 Å². The summed E-state index contributed by atoms with van der Waals surface area (Å²) >= 11 is 0. The molecule has 0 saturated carbocycles. The molecule has 0 unspecified atom stereocenters. The summed E-state index contributed by atoms with van der Waals surface area (Å²) in [5.41, 5.74) is 4.08. The van der Waals surface area contributed by atoms with Crippen LogP contribution >= 0.6 is 0 Å². The van der Waals surface area contributed by atoms with Crippen molar-refractivity contribution in [1.29, 1.82) is 0 Å². The number of carbonyl (C=O) groups excluding carboxylic acids is 3. The molecule has 2 heterocycles. The van der Waals surface area contributed by atoms with Gasteiger partial charge in [-0.05, 0) is 88.5 Å². The number of imide groups is 1. The first-order valence-electron chi connectivity index (χ1n) is 19.3. The molecule has 310 valence electrons. The minimum Gasteiger partial charge on any atom is -0.344 e. The summed E-state index contributed by atoms with van der Waals surface area (Å²) in [6.07, 6.45) is 11.4. The van der Waals surface area contributed by atoms with Gasteiger partial charge in [-0.15, -0.1) is 5.06 Å². The second kappa shape index (κ2) is 16.3. The average molecular weight is 841 g/mol. The van der Waals surface area contributed by atoms with E-state index in [0.717, 1.165) is 39.0 Å². The number of fused-ring (bicyclic) bond motifs is 4. The van der Waals surface area contributed by atoms with Gasteiger partial charge in [-0.1, -0.05) is 101 Å². The van der Waals surface area contributed by atoms with E-state index in [1.807, 2.05) is 75.4 Å². The molecule has 0 bridgehead atoms. The van der Waals surface area contributed by atoms with E-state index < -0.39 is 48.8 Å². The Morgan fingerprint density at radius 2 is 1.56 bits per heavy atom. The zero-order chi connectivity index (χ0) is 43.1. The molecule has 0 aromatic heterocycles. The third-order valence-electron chi connectivity index (χ3n) is 11.3. The van der Waals surface area contributed by atoms with Crippen molar-refractivity contribution in [2.45, 2.75) is 93.8 Å². The number of rotatable bonds is 14. The Morgan fingerprint density at radius 3 is 2.24 bits per heavy atom. The van der Waals surface area contributed by atoms with Gasteiger partial charge in [0.15, 0.2) is 0 Å². The number of hydroxylamine groups is 2. The maximum Gasteiger partial charge on any atom is 0.333 e. The molecular formula is C45H48N2O10S2. The maximum absolute atomic E-state index is 12.4. The summed E-state index contributed by atoms with van der Waals surface area (Å²) in [7, 11) is -8.91.